The van der Waals surface area contributed by atoms with E-state index in [0.29, 0.717) is 0 Å². The molecule has 100 valence electrons. The summed E-state index contributed by atoms with van der Waals surface area (Å²) in [7, 11) is 0. The summed E-state index contributed by atoms with van der Waals surface area (Å²) in [4.78, 5) is 3.17. The van der Waals surface area contributed by atoms with Crippen molar-refractivity contribution in [2.24, 2.45) is 4.99 Å². The Balaban J connectivity index is 2.96. The summed E-state index contributed by atoms with van der Waals surface area (Å²) in [5.74, 6) is -0.626. The number of alkyl halides is 6. The van der Waals surface area contributed by atoms with Crippen molar-refractivity contribution in [2.45, 2.75) is 19.5 Å². The molecule has 1 aromatic carbocycles. The van der Waals surface area contributed by atoms with Gasteiger partial charge in [-0.3, -0.25) is 0 Å². The lowest BCUT2D eigenvalue weighted by Crippen LogP contribution is -2.19. The number of nitrogens with zero attached hydrogens (tertiary/aromatic N) is 1. The Labute approximate surface area is 97.9 Å². The summed E-state index contributed by atoms with van der Waals surface area (Å²) in [5, 5.41) is 0. The van der Waals surface area contributed by atoms with E-state index < -0.39 is 24.0 Å². The first-order chi connectivity index (χ1) is 8.08. The smallest absolute Gasteiger partial charge is 0.406 e. The molecule has 0 atom stereocenters. The zero-order valence-electron chi connectivity index (χ0n) is 8.93. The number of rotatable bonds is 2. The zero-order valence-corrected chi connectivity index (χ0v) is 8.93. The monoisotopic (exact) mass is 271 g/mol. The van der Waals surface area contributed by atoms with Gasteiger partial charge in [0.05, 0.1) is 5.69 Å². The van der Waals surface area contributed by atoms with Gasteiger partial charge in [0.1, 0.15) is 11.5 Å². The molecule has 0 spiro atoms. The Morgan fingerprint density at radius 2 is 1.72 bits per heavy atom. The molecule has 0 unspecified atom stereocenters. The van der Waals surface area contributed by atoms with E-state index in [9.17, 15) is 26.3 Å². The maximum absolute atomic E-state index is 12.2. The lowest BCUT2D eigenvalue weighted by Gasteiger charge is -2.09. The largest absolute Gasteiger partial charge is 0.573 e. The molecule has 2 nitrogen and oxygen atoms in total. The topological polar surface area (TPSA) is 21.6 Å². The Bertz CT molecular complexity index is 448. The second-order valence-corrected chi connectivity index (χ2v) is 3.24. The van der Waals surface area contributed by atoms with Crippen LogP contribution in [-0.4, -0.2) is 18.3 Å². The van der Waals surface area contributed by atoms with Gasteiger partial charge in [-0.05, 0) is 19.1 Å². The van der Waals surface area contributed by atoms with Crippen molar-refractivity contribution in [1.82, 2.24) is 0 Å². The average molecular weight is 271 g/mol. The molecule has 1 aromatic rings. The standard InChI is InChI=1S/C10H7F6NO/c1-6(9(11,12)13)17-7-3-2-4-8(5-7)18-10(14,15)16/h2-5H,1H3. The molecule has 8 heteroatoms. The highest BCUT2D eigenvalue weighted by molar-refractivity contribution is 5.89. The van der Waals surface area contributed by atoms with Crippen LogP contribution in [0.15, 0.2) is 29.3 Å². The van der Waals surface area contributed by atoms with Crippen molar-refractivity contribution in [3.63, 3.8) is 0 Å². The molecule has 0 N–H and O–H groups in total. The van der Waals surface area contributed by atoms with Gasteiger partial charge < -0.3 is 4.74 Å². The lowest BCUT2D eigenvalue weighted by molar-refractivity contribution is -0.274. The highest BCUT2D eigenvalue weighted by Gasteiger charge is 2.32. The minimum absolute atomic E-state index is 0.272. The van der Waals surface area contributed by atoms with E-state index in [1.807, 2.05) is 0 Å². The van der Waals surface area contributed by atoms with Crippen molar-refractivity contribution in [1.29, 1.82) is 0 Å². The maximum atomic E-state index is 12.2. The summed E-state index contributed by atoms with van der Waals surface area (Å²) >= 11 is 0. The van der Waals surface area contributed by atoms with E-state index in [0.717, 1.165) is 31.2 Å². The van der Waals surface area contributed by atoms with E-state index in [2.05, 4.69) is 9.73 Å². The predicted molar refractivity (Wildman–Crippen MR) is 51.9 cm³/mol. The summed E-state index contributed by atoms with van der Waals surface area (Å²) in [6.07, 6.45) is -9.53. The van der Waals surface area contributed by atoms with Crippen LogP contribution in [-0.2, 0) is 0 Å². The Morgan fingerprint density at radius 1 is 1.11 bits per heavy atom. The second-order valence-electron chi connectivity index (χ2n) is 3.24. The van der Waals surface area contributed by atoms with Crippen molar-refractivity contribution < 1.29 is 31.1 Å². The van der Waals surface area contributed by atoms with Crippen LogP contribution in [0.3, 0.4) is 0 Å². The summed E-state index contributed by atoms with van der Waals surface area (Å²) in [6.45, 7) is 0.720. The molecule has 0 bridgehead atoms. The van der Waals surface area contributed by atoms with Gasteiger partial charge in [-0.1, -0.05) is 6.07 Å². The van der Waals surface area contributed by atoms with Crippen molar-refractivity contribution >= 4 is 11.4 Å². The number of hydrogen-bond donors (Lipinski definition) is 0. The molecule has 0 radical (unpaired) electrons. The zero-order chi connectivity index (χ0) is 14.0. The third-order valence-electron chi connectivity index (χ3n) is 1.76. The van der Waals surface area contributed by atoms with E-state index >= 15 is 0 Å². The molecule has 0 heterocycles. The summed E-state index contributed by atoms with van der Waals surface area (Å²) < 4.78 is 75.7. The van der Waals surface area contributed by atoms with Crippen LogP contribution in [0.5, 0.6) is 5.75 Å². The Hall–Kier alpha value is -1.73. The fourth-order valence-corrected chi connectivity index (χ4v) is 1.01. The van der Waals surface area contributed by atoms with Gasteiger partial charge in [0, 0.05) is 6.07 Å². The van der Waals surface area contributed by atoms with E-state index in [-0.39, 0.29) is 5.69 Å². The van der Waals surface area contributed by atoms with Gasteiger partial charge in [0.15, 0.2) is 0 Å². The second kappa shape index (κ2) is 4.87. The minimum atomic E-state index is -4.90. The van der Waals surface area contributed by atoms with Crippen molar-refractivity contribution in [3.8, 4) is 5.75 Å². The third-order valence-corrected chi connectivity index (χ3v) is 1.76. The van der Waals surface area contributed by atoms with Crippen LogP contribution in [0.2, 0.25) is 0 Å². The molecule has 0 fully saturated rings. The molecule has 0 saturated carbocycles. The van der Waals surface area contributed by atoms with Gasteiger partial charge in [-0.15, -0.1) is 13.2 Å². The average Bonchev–Trinajstić information content (AvgIpc) is 2.13. The first kappa shape index (κ1) is 14.3. The predicted octanol–water partition coefficient (Wildman–Crippen LogP) is 4.24. The number of ether oxygens (including phenoxy) is 1. The van der Waals surface area contributed by atoms with Crippen LogP contribution in [0.1, 0.15) is 6.92 Å². The van der Waals surface area contributed by atoms with E-state index in [1.165, 1.54) is 0 Å². The summed E-state index contributed by atoms with van der Waals surface area (Å²) in [5.41, 5.74) is -1.43. The molecule has 0 aliphatic carbocycles. The molecule has 0 aliphatic rings. The number of halogens is 6. The Morgan fingerprint density at radius 3 is 2.22 bits per heavy atom. The first-order valence-electron chi connectivity index (χ1n) is 4.56. The van der Waals surface area contributed by atoms with Gasteiger partial charge in [-0.25, -0.2) is 4.99 Å². The number of hydrogen-bond acceptors (Lipinski definition) is 2. The highest BCUT2D eigenvalue weighted by Crippen LogP contribution is 2.27. The van der Waals surface area contributed by atoms with Crippen LogP contribution >= 0.6 is 0 Å². The fourth-order valence-electron chi connectivity index (χ4n) is 1.01. The highest BCUT2D eigenvalue weighted by atomic mass is 19.4. The SMILES string of the molecule is CC(=Nc1cccc(OC(F)(F)F)c1)C(F)(F)F. The molecule has 0 aliphatic heterocycles. The molecule has 0 aromatic heterocycles. The normalized spacial score (nSPS) is 13.6. The molecule has 18 heavy (non-hydrogen) atoms. The molecule has 0 amide bonds. The maximum Gasteiger partial charge on any atom is 0.573 e. The Kier molecular flexibility index (Phi) is 3.88. The molecule has 0 saturated heterocycles. The lowest BCUT2D eigenvalue weighted by atomic mass is 10.3. The third kappa shape index (κ3) is 4.64. The molecular weight excluding hydrogens is 264 g/mol. The van der Waals surface area contributed by atoms with Crippen LogP contribution in [0.25, 0.3) is 0 Å². The number of benzene rings is 1. The van der Waals surface area contributed by atoms with Crippen LogP contribution < -0.4 is 4.74 Å². The fraction of sp³-hybridized carbons (Fsp3) is 0.300. The van der Waals surface area contributed by atoms with Gasteiger partial charge in [-0.2, -0.15) is 13.2 Å². The van der Waals surface area contributed by atoms with Crippen molar-refractivity contribution in [3.05, 3.63) is 24.3 Å². The van der Waals surface area contributed by atoms with Gasteiger partial charge in [0.2, 0.25) is 0 Å². The number of aliphatic imine (C=N–C) groups is 1. The molecule has 1 rings (SSSR count). The van der Waals surface area contributed by atoms with Crippen molar-refractivity contribution in [2.75, 3.05) is 0 Å². The van der Waals surface area contributed by atoms with Gasteiger partial charge in [0.25, 0.3) is 0 Å². The quantitative estimate of drug-likeness (QED) is 0.582. The van der Waals surface area contributed by atoms with E-state index in [4.69, 9.17) is 0 Å². The summed E-state index contributed by atoms with van der Waals surface area (Å²) in [6, 6.07) is 3.99. The van der Waals surface area contributed by atoms with E-state index in [1.54, 1.807) is 0 Å². The van der Waals surface area contributed by atoms with Gasteiger partial charge >= 0.3 is 12.5 Å². The minimum Gasteiger partial charge on any atom is -0.406 e. The van der Waals surface area contributed by atoms with Crippen LogP contribution in [0, 0.1) is 0 Å². The molecular formula is C10H7F6NO. The first-order valence-corrected chi connectivity index (χ1v) is 4.56. The van der Waals surface area contributed by atoms with Crippen LogP contribution in [0.4, 0.5) is 32.0 Å².